The first-order valence-corrected chi connectivity index (χ1v) is 7.02. The van der Waals surface area contributed by atoms with Crippen LogP contribution in [-0.2, 0) is 0 Å². The van der Waals surface area contributed by atoms with Crippen molar-refractivity contribution in [3.8, 4) is 6.01 Å². The molecule has 1 aromatic heterocycles. The Labute approximate surface area is 128 Å². The van der Waals surface area contributed by atoms with E-state index in [9.17, 15) is 4.39 Å². The number of anilines is 2. The van der Waals surface area contributed by atoms with E-state index >= 15 is 0 Å². The van der Waals surface area contributed by atoms with Crippen LogP contribution in [0.1, 0.15) is 13.3 Å². The largest absolute Gasteiger partial charge is 0.463 e. The van der Waals surface area contributed by atoms with Crippen LogP contribution in [0.25, 0.3) is 0 Å². The van der Waals surface area contributed by atoms with Gasteiger partial charge in [-0.1, -0.05) is 6.92 Å². The average Bonchev–Trinajstić information content (AvgIpc) is 2.39. The molecule has 2 aromatic rings. The summed E-state index contributed by atoms with van der Waals surface area (Å²) >= 11 is 9.05. The van der Waals surface area contributed by atoms with Gasteiger partial charge in [0, 0.05) is 4.47 Å². The lowest BCUT2D eigenvalue weighted by molar-refractivity contribution is 0.292. The Morgan fingerprint density at radius 1 is 1.35 bits per heavy atom. The van der Waals surface area contributed by atoms with Crippen LogP contribution >= 0.6 is 27.5 Å². The average molecular weight is 362 g/mol. The molecule has 1 heterocycles. The smallest absolute Gasteiger partial charge is 0.322 e. The minimum absolute atomic E-state index is 0.0202. The molecule has 20 heavy (non-hydrogen) atoms. The predicted octanol–water partition coefficient (Wildman–Crippen LogP) is 3.96. The number of halogens is 3. The molecule has 0 aliphatic heterocycles. The third-order valence-electron chi connectivity index (χ3n) is 2.20. The molecule has 0 fully saturated rings. The number of rotatable bonds is 5. The molecule has 0 amide bonds. The van der Waals surface area contributed by atoms with E-state index in [0.717, 1.165) is 6.42 Å². The highest BCUT2D eigenvalue weighted by atomic mass is 79.9. The normalized spacial score (nSPS) is 10.4. The van der Waals surface area contributed by atoms with Crippen molar-refractivity contribution in [1.82, 2.24) is 15.0 Å². The summed E-state index contributed by atoms with van der Waals surface area (Å²) in [5.41, 5.74) is 0.607. The monoisotopic (exact) mass is 360 g/mol. The first kappa shape index (κ1) is 14.9. The molecule has 0 atom stereocenters. The Morgan fingerprint density at radius 3 is 2.85 bits per heavy atom. The van der Waals surface area contributed by atoms with E-state index in [1.807, 2.05) is 6.92 Å². The second-order valence-corrected chi connectivity index (χ2v) is 5.00. The molecule has 0 aliphatic rings. The molecule has 2 rings (SSSR count). The number of nitrogens with one attached hydrogen (secondary N) is 1. The van der Waals surface area contributed by atoms with Crippen LogP contribution in [-0.4, -0.2) is 21.6 Å². The Balaban J connectivity index is 2.21. The minimum atomic E-state index is -0.344. The lowest BCUT2D eigenvalue weighted by Gasteiger charge is -2.08. The summed E-state index contributed by atoms with van der Waals surface area (Å²) in [4.78, 5) is 11.9. The van der Waals surface area contributed by atoms with Crippen LogP contribution < -0.4 is 10.1 Å². The zero-order valence-electron chi connectivity index (χ0n) is 10.5. The molecule has 0 saturated carbocycles. The molecule has 0 radical (unpaired) electrons. The van der Waals surface area contributed by atoms with E-state index in [1.54, 1.807) is 6.07 Å². The van der Waals surface area contributed by atoms with E-state index in [1.165, 1.54) is 12.1 Å². The molecule has 106 valence electrons. The fourth-order valence-electron chi connectivity index (χ4n) is 1.36. The van der Waals surface area contributed by atoms with Gasteiger partial charge < -0.3 is 10.1 Å². The third kappa shape index (κ3) is 4.01. The molecule has 1 aromatic carbocycles. The van der Waals surface area contributed by atoms with Crippen LogP contribution in [0.5, 0.6) is 6.01 Å². The van der Waals surface area contributed by atoms with Crippen molar-refractivity contribution in [2.45, 2.75) is 13.3 Å². The minimum Gasteiger partial charge on any atom is -0.463 e. The zero-order valence-corrected chi connectivity index (χ0v) is 12.9. The van der Waals surface area contributed by atoms with Gasteiger partial charge in [-0.3, -0.25) is 0 Å². The molecule has 8 heteroatoms. The molecule has 0 bridgehead atoms. The Bertz CT molecular complexity index is 614. The highest BCUT2D eigenvalue weighted by molar-refractivity contribution is 9.10. The Morgan fingerprint density at radius 2 is 2.15 bits per heavy atom. The van der Waals surface area contributed by atoms with Crippen molar-refractivity contribution < 1.29 is 9.13 Å². The Kier molecular flexibility index (Phi) is 5.08. The van der Waals surface area contributed by atoms with E-state index in [0.29, 0.717) is 16.8 Å². The fraction of sp³-hybridized carbons (Fsp3) is 0.250. The summed E-state index contributed by atoms with van der Waals surface area (Å²) in [5.74, 6) is -0.119. The Hall–Kier alpha value is -1.47. The molecule has 0 spiro atoms. The topological polar surface area (TPSA) is 59.9 Å². The molecule has 0 aliphatic carbocycles. The van der Waals surface area contributed by atoms with Crippen molar-refractivity contribution in [2.75, 3.05) is 11.9 Å². The van der Waals surface area contributed by atoms with Crippen molar-refractivity contribution in [3.63, 3.8) is 0 Å². The van der Waals surface area contributed by atoms with E-state index < -0.39 is 0 Å². The predicted molar refractivity (Wildman–Crippen MR) is 78.0 cm³/mol. The number of hydrogen-bond acceptors (Lipinski definition) is 5. The summed E-state index contributed by atoms with van der Waals surface area (Å²) in [6, 6.07) is 4.36. The fourth-order valence-corrected chi connectivity index (χ4v) is 1.96. The van der Waals surface area contributed by atoms with Gasteiger partial charge in [0.25, 0.3) is 0 Å². The van der Waals surface area contributed by atoms with Gasteiger partial charge in [0.1, 0.15) is 5.82 Å². The van der Waals surface area contributed by atoms with Gasteiger partial charge in [0.05, 0.1) is 12.3 Å². The van der Waals surface area contributed by atoms with Gasteiger partial charge in [0.2, 0.25) is 11.2 Å². The van der Waals surface area contributed by atoms with E-state index in [-0.39, 0.29) is 23.1 Å². The lowest BCUT2D eigenvalue weighted by Crippen LogP contribution is -2.05. The van der Waals surface area contributed by atoms with Gasteiger partial charge in [-0.25, -0.2) is 4.39 Å². The van der Waals surface area contributed by atoms with Crippen LogP contribution in [0.15, 0.2) is 22.7 Å². The van der Waals surface area contributed by atoms with Crippen LogP contribution in [0.3, 0.4) is 0 Å². The summed E-state index contributed by atoms with van der Waals surface area (Å²) in [5, 5.41) is 2.94. The maximum atomic E-state index is 13.0. The first-order valence-electron chi connectivity index (χ1n) is 5.85. The van der Waals surface area contributed by atoms with Crippen LogP contribution in [0.4, 0.5) is 16.0 Å². The molecular formula is C12H11BrClFN4O. The molecular weight excluding hydrogens is 351 g/mol. The number of benzene rings is 1. The van der Waals surface area contributed by atoms with Gasteiger partial charge in [-0.05, 0) is 52.2 Å². The van der Waals surface area contributed by atoms with Gasteiger partial charge in [0.15, 0.2) is 0 Å². The number of aromatic nitrogens is 3. The van der Waals surface area contributed by atoms with Crippen molar-refractivity contribution in [2.24, 2.45) is 0 Å². The van der Waals surface area contributed by atoms with Crippen LogP contribution in [0.2, 0.25) is 5.28 Å². The summed E-state index contributed by atoms with van der Waals surface area (Å²) in [6.45, 7) is 2.46. The maximum absolute atomic E-state index is 13.0. The number of hydrogen-bond donors (Lipinski definition) is 1. The van der Waals surface area contributed by atoms with Crippen molar-refractivity contribution in [3.05, 3.63) is 33.8 Å². The SMILES string of the molecule is CCCOc1nc(Cl)nc(Nc2ccc(F)cc2Br)n1. The molecule has 1 N–H and O–H groups in total. The van der Waals surface area contributed by atoms with E-state index in [4.69, 9.17) is 16.3 Å². The quantitative estimate of drug-likeness (QED) is 0.873. The van der Waals surface area contributed by atoms with Gasteiger partial charge in [-0.15, -0.1) is 0 Å². The maximum Gasteiger partial charge on any atom is 0.322 e. The number of nitrogens with zero attached hydrogens (tertiary/aromatic N) is 3. The summed E-state index contributed by atoms with van der Waals surface area (Å²) < 4.78 is 18.9. The molecule has 0 saturated heterocycles. The molecule has 0 unspecified atom stereocenters. The van der Waals surface area contributed by atoms with Crippen LogP contribution in [0, 0.1) is 5.82 Å². The summed E-state index contributed by atoms with van der Waals surface area (Å²) in [7, 11) is 0. The summed E-state index contributed by atoms with van der Waals surface area (Å²) in [6.07, 6.45) is 0.829. The molecule has 5 nitrogen and oxygen atoms in total. The highest BCUT2D eigenvalue weighted by Gasteiger charge is 2.08. The zero-order chi connectivity index (χ0) is 14.5. The van der Waals surface area contributed by atoms with Gasteiger partial charge >= 0.3 is 6.01 Å². The second-order valence-electron chi connectivity index (χ2n) is 3.81. The first-order chi connectivity index (χ1) is 9.58. The second kappa shape index (κ2) is 6.81. The third-order valence-corrected chi connectivity index (χ3v) is 3.03. The van der Waals surface area contributed by atoms with E-state index in [2.05, 4.69) is 36.2 Å². The van der Waals surface area contributed by atoms with Crippen molar-refractivity contribution in [1.29, 1.82) is 0 Å². The lowest BCUT2D eigenvalue weighted by atomic mass is 10.3. The van der Waals surface area contributed by atoms with Gasteiger partial charge in [-0.2, -0.15) is 15.0 Å². The van der Waals surface area contributed by atoms with Crippen molar-refractivity contribution >= 4 is 39.2 Å². The highest BCUT2D eigenvalue weighted by Crippen LogP contribution is 2.26. The standard InChI is InChI=1S/C12H11BrClFN4O/c1-2-5-20-12-18-10(14)17-11(19-12)16-9-4-3-7(15)6-8(9)13/h3-4,6H,2,5H2,1H3,(H,16,17,18,19). The number of ether oxygens (including phenoxy) is 1.